The molecule has 0 unspecified atom stereocenters. The predicted octanol–water partition coefficient (Wildman–Crippen LogP) is 2.53. The molecule has 0 bridgehead atoms. The van der Waals surface area contributed by atoms with Gasteiger partial charge in [-0.2, -0.15) is 0 Å². The highest BCUT2D eigenvalue weighted by atomic mass is 32.2. The van der Waals surface area contributed by atoms with Gasteiger partial charge in [-0.1, -0.05) is 37.9 Å². The number of hydrogen-bond acceptors (Lipinski definition) is 5. The Bertz CT molecular complexity index is 444. The maximum Gasteiger partial charge on any atom is 0.233 e. The first-order valence-electron chi connectivity index (χ1n) is 7.94. The summed E-state index contributed by atoms with van der Waals surface area (Å²) in [6.45, 7) is 5.79. The molecule has 1 aliphatic carbocycles. The lowest BCUT2D eigenvalue weighted by Crippen LogP contribution is -2.33. The van der Waals surface area contributed by atoms with Crippen LogP contribution in [-0.4, -0.2) is 49.9 Å². The number of rotatable bonds is 8. The van der Waals surface area contributed by atoms with E-state index in [4.69, 9.17) is 0 Å². The molecule has 0 aromatic carbocycles. The number of hydrogen-bond donors (Lipinski definition) is 0. The van der Waals surface area contributed by atoms with E-state index >= 15 is 0 Å². The molecule has 21 heavy (non-hydrogen) atoms. The van der Waals surface area contributed by atoms with Crippen molar-refractivity contribution in [1.29, 1.82) is 0 Å². The third-order valence-electron chi connectivity index (χ3n) is 3.97. The maximum atomic E-state index is 12.2. The van der Waals surface area contributed by atoms with Gasteiger partial charge in [0.25, 0.3) is 0 Å². The summed E-state index contributed by atoms with van der Waals surface area (Å²) in [4.78, 5) is 14.2. The molecule has 0 saturated heterocycles. The topological polar surface area (TPSA) is 63.9 Å². The Morgan fingerprint density at radius 2 is 2.14 bits per heavy atom. The van der Waals surface area contributed by atoms with Gasteiger partial charge in [-0.3, -0.25) is 4.79 Å². The fraction of sp³-hybridized carbons (Fsp3) is 0.857. The van der Waals surface area contributed by atoms with Gasteiger partial charge in [-0.15, -0.1) is 5.10 Å². The zero-order valence-electron chi connectivity index (χ0n) is 13.0. The monoisotopic (exact) mass is 311 g/mol. The summed E-state index contributed by atoms with van der Waals surface area (Å²) < 4.78 is 1.91. The summed E-state index contributed by atoms with van der Waals surface area (Å²) in [5, 5.41) is 12.7. The molecule has 1 aliphatic rings. The molecule has 0 aliphatic heterocycles. The highest BCUT2D eigenvalue weighted by Gasteiger charge is 2.22. The largest absolute Gasteiger partial charge is 0.342 e. The highest BCUT2D eigenvalue weighted by molar-refractivity contribution is 7.99. The minimum Gasteiger partial charge on any atom is -0.342 e. The van der Waals surface area contributed by atoms with Gasteiger partial charge in [0.05, 0.1) is 11.8 Å². The van der Waals surface area contributed by atoms with Crippen LogP contribution in [0.25, 0.3) is 0 Å². The Hall–Kier alpha value is -1.11. The van der Waals surface area contributed by atoms with Crippen LogP contribution in [0.5, 0.6) is 0 Å². The second-order valence-corrected chi connectivity index (χ2v) is 6.40. The first-order chi connectivity index (χ1) is 10.3. The Balaban J connectivity index is 1.87. The Morgan fingerprint density at radius 3 is 2.81 bits per heavy atom. The number of carbonyl (C=O) groups is 1. The molecule has 1 saturated carbocycles. The van der Waals surface area contributed by atoms with Crippen LogP contribution in [0.2, 0.25) is 0 Å². The first kappa shape index (κ1) is 16.3. The second kappa shape index (κ2) is 8.36. The summed E-state index contributed by atoms with van der Waals surface area (Å²) in [5.41, 5.74) is 0. The number of amides is 1. The molecule has 1 amide bonds. The maximum absolute atomic E-state index is 12.2. The molecule has 1 fully saturated rings. The van der Waals surface area contributed by atoms with Crippen LogP contribution in [0.1, 0.15) is 58.4 Å². The van der Waals surface area contributed by atoms with Crippen molar-refractivity contribution in [3.05, 3.63) is 0 Å². The summed E-state index contributed by atoms with van der Waals surface area (Å²) in [6, 6.07) is 0.417. The molecule has 6 nitrogen and oxygen atoms in total. The minimum atomic E-state index is 0.178. The highest BCUT2D eigenvalue weighted by Crippen LogP contribution is 2.31. The van der Waals surface area contributed by atoms with Gasteiger partial charge in [0.2, 0.25) is 11.1 Å². The number of tetrazole rings is 1. The summed E-state index contributed by atoms with van der Waals surface area (Å²) in [6.07, 6.45) is 6.94. The summed E-state index contributed by atoms with van der Waals surface area (Å²) >= 11 is 1.46. The summed E-state index contributed by atoms with van der Waals surface area (Å²) in [7, 11) is 0. The van der Waals surface area contributed by atoms with E-state index < -0.39 is 0 Å². The third kappa shape index (κ3) is 4.43. The van der Waals surface area contributed by atoms with Crippen LogP contribution in [0.3, 0.4) is 0 Å². The van der Waals surface area contributed by atoms with Crippen LogP contribution in [0.15, 0.2) is 5.16 Å². The lowest BCUT2D eigenvalue weighted by molar-refractivity contribution is -0.128. The van der Waals surface area contributed by atoms with Crippen molar-refractivity contribution < 1.29 is 4.79 Å². The van der Waals surface area contributed by atoms with Crippen molar-refractivity contribution in [2.24, 2.45) is 0 Å². The van der Waals surface area contributed by atoms with Gasteiger partial charge in [-0.25, -0.2) is 4.68 Å². The average Bonchev–Trinajstić information content (AvgIpc) is 3.16. The van der Waals surface area contributed by atoms with Gasteiger partial charge in [-0.05, 0) is 36.6 Å². The van der Waals surface area contributed by atoms with Gasteiger partial charge >= 0.3 is 0 Å². The van der Waals surface area contributed by atoms with Crippen LogP contribution in [0.4, 0.5) is 0 Å². The fourth-order valence-corrected chi connectivity index (χ4v) is 3.53. The van der Waals surface area contributed by atoms with Crippen molar-refractivity contribution in [2.75, 3.05) is 18.8 Å². The fourth-order valence-electron chi connectivity index (χ4n) is 2.68. The molecule has 1 aromatic heterocycles. The lowest BCUT2D eigenvalue weighted by atomic mass is 10.3. The van der Waals surface area contributed by atoms with Crippen LogP contribution < -0.4 is 0 Å². The number of carbonyl (C=O) groups excluding carboxylic acids is 1. The van der Waals surface area contributed by atoms with Crippen LogP contribution in [0, 0.1) is 0 Å². The molecule has 0 atom stereocenters. The Labute approximate surface area is 130 Å². The zero-order chi connectivity index (χ0) is 15.1. The SMILES string of the molecule is CCCCN(CC)C(=O)CSc1nnnn1C1CCCC1. The van der Waals surface area contributed by atoms with Crippen molar-refractivity contribution in [3.63, 3.8) is 0 Å². The van der Waals surface area contributed by atoms with E-state index in [1.54, 1.807) is 0 Å². The smallest absolute Gasteiger partial charge is 0.233 e. The molecule has 1 heterocycles. The molecule has 0 radical (unpaired) electrons. The second-order valence-electron chi connectivity index (χ2n) is 5.46. The Morgan fingerprint density at radius 1 is 1.38 bits per heavy atom. The molecule has 1 aromatic rings. The molecular weight excluding hydrogens is 286 g/mol. The van der Waals surface area contributed by atoms with Crippen LogP contribution >= 0.6 is 11.8 Å². The number of unbranched alkanes of at least 4 members (excludes halogenated alkanes) is 1. The molecular formula is C14H25N5OS. The number of thioether (sulfide) groups is 1. The normalized spacial score (nSPS) is 15.5. The van der Waals surface area contributed by atoms with E-state index in [-0.39, 0.29) is 5.91 Å². The lowest BCUT2D eigenvalue weighted by Gasteiger charge is -2.20. The molecule has 118 valence electrons. The number of aromatic nitrogens is 4. The minimum absolute atomic E-state index is 0.178. The average molecular weight is 311 g/mol. The van der Waals surface area contributed by atoms with Crippen molar-refractivity contribution in [1.82, 2.24) is 25.1 Å². The van der Waals surface area contributed by atoms with Crippen molar-refractivity contribution >= 4 is 17.7 Å². The molecule has 0 spiro atoms. The molecule has 7 heteroatoms. The molecule has 0 N–H and O–H groups in total. The quantitative estimate of drug-likeness (QED) is 0.690. The van der Waals surface area contributed by atoms with Gasteiger partial charge < -0.3 is 4.90 Å². The summed E-state index contributed by atoms with van der Waals surface area (Å²) in [5.74, 6) is 0.599. The molecule has 2 rings (SSSR count). The van der Waals surface area contributed by atoms with Gasteiger partial charge in [0, 0.05) is 13.1 Å². The van der Waals surface area contributed by atoms with Gasteiger partial charge in [0.1, 0.15) is 0 Å². The van der Waals surface area contributed by atoms with E-state index in [9.17, 15) is 4.79 Å². The Kier molecular flexibility index (Phi) is 6.48. The zero-order valence-corrected chi connectivity index (χ0v) is 13.8. The van der Waals surface area contributed by atoms with Crippen molar-refractivity contribution in [2.45, 2.75) is 63.6 Å². The number of nitrogens with zero attached hydrogens (tertiary/aromatic N) is 5. The first-order valence-corrected chi connectivity index (χ1v) is 8.93. The van der Waals surface area contributed by atoms with E-state index in [2.05, 4.69) is 22.4 Å². The predicted molar refractivity (Wildman–Crippen MR) is 83.2 cm³/mol. The van der Waals surface area contributed by atoms with Crippen molar-refractivity contribution in [3.8, 4) is 0 Å². The standard InChI is InChI=1S/C14H25N5OS/c1-3-5-10-18(4-2)13(20)11-21-14-15-16-17-19(14)12-8-6-7-9-12/h12H,3-11H2,1-2H3. The van der Waals surface area contributed by atoms with E-state index in [0.29, 0.717) is 11.8 Å². The van der Waals surface area contributed by atoms with Gasteiger partial charge in [0.15, 0.2) is 0 Å². The van der Waals surface area contributed by atoms with E-state index in [1.807, 2.05) is 16.5 Å². The third-order valence-corrected chi connectivity index (χ3v) is 4.89. The van der Waals surface area contributed by atoms with E-state index in [1.165, 1.54) is 24.6 Å². The van der Waals surface area contributed by atoms with E-state index in [0.717, 1.165) is 43.9 Å². The van der Waals surface area contributed by atoms with Crippen LogP contribution in [-0.2, 0) is 4.79 Å².